The molecule has 0 saturated carbocycles. The molecule has 0 aromatic heterocycles. The highest BCUT2D eigenvalue weighted by Crippen LogP contribution is 2.46. The first kappa shape index (κ1) is 27.1. The Bertz CT molecular complexity index is 775. The zero-order valence-electron chi connectivity index (χ0n) is 18.4. The van der Waals surface area contributed by atoms with Crippen molar-refractivity contribution >= 4 is 57.3 Å². The Labute approximate surface area is 205 Å². The Balaban J connectivity index is 2.40. The standard InChI is InChI=1S/C21H31IN2O7S/c1-12(25)23-15(18(28)31-3)11-32-19(29)21(16(26)13-7-5-4-6-8-13)20(2,30)14(9-10-22)17(27)24-21/h5,7,13-16,26,30H,4,6,8-11H2,1-3H3,(H,23,25)(H,24,27). The van der Waals surface area contributed by atoms with Gasteiger partial charge in [-0.3, -0.25) is 14.4 Å². The number of nitrogens with one attached hydrogen (secondary N) is 2. The lowest BCUT2D eigenvalue weighted by molar-refractivity contribution is -0.144. The second kappa shape index (κ2) is 11.3. The maximum atomic E-state index is 13.6. The molecule has 2 rings (SSSR count). The first-order valence-corrected chi connectivity index (χ1v) is 13.0. The van der Waals surface area contributed by atoms with Crippen LogP contribution in [0.1, 0.15) is 39.5 Å². The van der Waals surface area contributed by atoms with Gasteiger partial charge in [0.2, 0.25) is 16.9 Å². The number of hydrogen-bond acceptors (Lipinski definition) is 8. The molecule has 4 N–H and O–H groups in total. The van der Waals surface area contributed by atoms with E-state index in [2.05, 4.69) is 38.0 Å². The molecule has 6 unspecified atom stereocenters. The average Bonchev–Trinajstić information content (AvgIpc) is 2.96. The van der Waals surface area contributed by atoms with Crippen LogP contribution in [0, 0.1) is 11.8 Å². The number of ether oxygens (including phenoxy) is 1. The maximum Gasteiger partial charge on any atom is 0.329 e. The van der Waals surface area contributed by atoms with Crippen LogP contribution in [0.25, 0.3) is 0 Å². The van der Waals surface area contributed by atoms with Gasteiger partial charge in [-0.1, -0.05) is 46.5 Å². The van der Waals surface area contributed by atoms with Crippen molar-refractivity contribution in [3.8, 4) is 0 Å². The van der Waals surface area contributed by atoms with Crippen LogP contribution in [0.2, 0.25) is 0 Å². The topological polar surface area (TPSA) is 142 Å². The van der Waals surface area contributed by atoms with Crippen LogP contribution in [-0.4, -0.2) is 73.7 Å². The number of amides is 2. The summed E-state index contributed by atoms with van der Waals surface area (Å²) >= 11 is 2.76. The smallest absolute Gasteiger partial charge is 0.329 e. The second-order valence-electron chi connectivity index (χ2n) is 8.32. The van der Waals surface area contributed by atoms with Gasteiger partial charge in [-0.15, -0.1) is 0 Å². The number of rotatable bonds is 9. The van der Waals surface area contributed by atoms with E-state index in [0.717, 1.165) is 12.8 Å². The van der Waals surface area contributed by atoms with Gasteiger partial charge < -0.3 is 25.6 Å². The van der Waals surface area contributed by atoms with Crippen LogP contribution in [-0.2, 0) is 23.9 Å². The lowest BCUT2D eigenvalue weighted by Crippen LogP contribution is -2.69. The molecule has 1 saturated heterocycles. The van der Waals surface area contributed by atoms with Crippen molar-refractivity contribution in [1.29, 1.82) is 0 Å². The van der Waals surface area contributed by atoms with Crippen LogP contribution >= 0.6 is 34.4 Å². The zero-order valence-corrected chi connectivity index (χ0v) is 21.4. The number of aliphatic hydroxyl groups is 2. The summed E-state index contributed by atoms with van der Waals surface area (Å²) in [5.74, 6) is -3.17. The number of alkyl halides is 1. The van der Waals surface area contributed by atoms with E-state index >= 15 is 0 Å². The van der Waals surface area contributed by atoms with E-state index in [1.807, 2.05) is 12.2 Å². The van der Waals surface area contributed by atoms with E-state index in [1.165, 1.54) is 21.0 Å². The molecule has 2 aliphatic rings. The summed E-state index contributed by atoms with van der Waals surface area (Å²) in [4.78, 5) is 49.9. The minimum absolute atomic E-state index is 0.178. The van der Waals surface area contributed by atoms with Gasteiger partial charge in [0, 0.05) is 23.0 Å². The predicted molar refractivity (Wildman–Crippen MR) is 128 cm³/mol. The van der Waals surface area contributed by atoms with Gasteiger partial charge in [0.05, 0.1) is 19.1 Å². The molecular weight excluding hydrogens is 551 g/mol. The molecule has 9 nitrogen and oxygen atoms in total. The number of hydrogen-bond donors (Lipinski definition) is 4. The van der Waals surface area contributed by atoms with Gasteiger partial charge in [-0.25, -0.2) is 4.79 Å². The molecule has 0 spiro atoms. The lowest BCUT2D eigenvalue weighted by Gasteiger charge is -2.45. The molecule has 11 heteroatoms. The summed E-state index contributed by atoms with van der Waals surface area (Å²) < 4.78 is 5.27. The molecule has 32 heavy (non-hydrogen) atoms. The van der Waals surface area contributed by atoms with E-state index in [4.69, 9.17) is 0 Å². The SMILES string of the molecule is COC(=O)C(CSC(=O)C1(C(O)C2C=CCCC2)NC(=O)C(CCI)C1(C)O)NC(C)=O. The summed E-state index contributed by atoms with van der Waals surface area (Å²) in [7, 11) is 1.17. The minimum atomic E-state index is -1.96. The summed E-state index contributed by atoms with van der Waals surface area (Å²) in [6.07, 6.45) is 4.98. The second-order valence-corrected chi connectivity index (χ2v) is 10.4. The first-order chi connectivity index (χ1) is 15.0. The highest BCUT2D eigenvalue weighted by Gasteiger charge is 2.68. The summed E-state index contributed by atoms with van der Waals surface area (Å²) in [5.41, 5.74) is -3.83. The fourth-order valence-corrected chi connectivity index (χ4v) is 6.23. The Morgan fingerprint density at radius 1 is 1.44 bits per heavy atom. The Kier molecular flexibility index (Phi) is 9.56. The van der Waals surface area contributed by atoms with Crippen molar-refractivity contribution in [3.05, 3.63) is 12.2 Å². The Hall–Kier alpha value is -1.18. The molecule has 0 bridgehead atoms. The molecule has 1 aliphatic heterocycles. The van der Waals surface area contributed by atoms with Crippen molar-refractivity contribution in [2.45, 2.75) is 62.8 Å². The van der Waals surface area contributed by atoms with Gasteiger partial charge in [0.1, 0.15) is 11.6 Å². The maximum absolute atomic E-state index is 13.6. The number of carbonyl (C=O) groups excluding carboxylic acids is 4. The van der Waals surface area contributed by atoms with E-state index < -0.39 is 58.0 Å². The van der Waals surface area contributed by atoms with Crippen molar-refractivity contribution in [2.24, 2.45) is 11.8 Å². The molecule has 0 aromatic rings. The number of allylic oxidation sites excluding steroid dienone is 1. The van der Waals surface area contributed by atoms with Gasteiger partial charge in [0.15, 0.2) is 5.54 Å². The van der Waals surface area contributed by atoms with Crippen LogP contribution in [0.4, 0.5) is 0 Å². The van der Waals surface area contributed by atoms with Crippen molar-refractivity contribution in [3.63, 3.8) is 0 Å². The van der Waals surface area contributed by atoms with Crippen LogP contribution in [0.5, 0.6) is 0 Å². The van der Waals surface area contributed by atoms with Crippen LogP contribution < -0.4 is 10.6 Å². The molecular formula is C21H31IN2O7S. The molecule has 180 valence electrons. The predicted octanol–water partition coefficient (Wildman–Crippen LogP) is 0.702. The monoisotopic (exact) mass is 582 g/mol. The molecule has 2 amide bonds. The Morgan fingerprint density at radius 2 is 2.12 bits per heavy atom. The fourth-order valence-electron chi connectivity index (χ4n) is 4.46. The summed E-state index contributed by atoms with van der Waals surface area (Å²) in [6.45, 7) is 2.64. The molecule has 1 heterocycles. The third-order valence-corrected chi connectivity index (χ3v) is 7.93. The number of aliphatic hydroxyl groups excluding tert-OH is 1. The molecule has 0 aromatic carbocycles. The summed E-state index contributed by atoms with van der Waals surface area (Å²) in [6, 6.07) is -1.09. The van der Waals surface area contributed by atoms with Gasteiger partial charge >= 0.3 is 5.97 Å². The van der Waals surface area contributed by atoms with Crippen molar-refractivity contribution < 1.29 is 34.1 Å². The van der Waals surface area contributed by atoms with E-state index in [0.29, 0.717) is 29.0 Å². The number of halogens is 1. The quantitative estimate of drug-likeness (QED) is 0.135. The number of carbonyl (C=O) groups is 4. The molecule has 1 fully saturated rings. The van der Waals surface area contributed by atoms with Crippen LogP contribution in [0.3, 0.4) is 0 Å². The van der Waals surface area contributed by atoms with Gasteiger partial charge in [0.25, 0.3) is 0 Å². The average molecular weight is 582 g/mol. The highest BCUT2D eigenvalue weighted by molar-refractivity contribution is 14.1. The normalized spacial score (nSPS) is 31.5. The van der Waals surface area contributed by atoms with E-state index in [9.17, 15) is 29.4 Å². The summed E-state index contributed by atoms with van der Waals surface area (Å²) in [5, 5.41) is 27.3. The van der Waals surface area contributed by atoms with Crippen molar-refractivity contribution in [1.82, 2.24) is 10.6 Å². The van der Waals surface area contributed by atoms with Crippen molar-refractivity contribution in [2.75, 3.05) is 17.3 Å². The molecule has 6 atom stereocenters. The Morgan fingerprint density at radius 3 is 2.66 bits per heavy atom. The third-order valence-electron chi connectivity index (χ3n) is 6.22. The number of esters is 1. The minimum Gasteiger partial charge on any atom is -0.467 e. The zero-order chi connectivity index (χ0) is 24.1. The fraction of sp³-hybridized carbons (Fsp3) is 0.714. The first-order valence-electron chi connectivity index (χ1n) is 10.5. The number of methoxy groups -OCH3 is 1. The third kappa shape index (κ3) is 5.31. The lowest BCUT2D eigenvalue weighted by atomic mass is 9.69. The largest absolute Gasteiger partial charge is 0.467 e. The highest BCUT2D eigenvalue weighted by atomic mass is 127. The van der Waals surface area contributed by atoms with Gasteiger partial charge in [-0.2, -0.15) is 0 Å². The molecule has 1 aliphatic carbocycles. The van der Waals surface area contributed by atoms with Gasteiger partial charge in [-0.05, 0) is 32.6 Å². The molecule has 0 radical (unpaired) electrons. The number of thioether (sulfide) groups is 1. The van der Waals surface area contributed by atoms with E-state index in [1.54, 1.807) is 0 Å². The van der Waals surface area contributed by atoms with Crippen LogP contribution in [0.15, 0.2) is 12.2 Å². The van der Waals surface area contributed by atoms with E-state index in [-0.39, 0.29) is 5.75 Å².